The molecule has 90 valence electrons. The number of hydrogen-bond donors (Lipinski definition) is 1. The topological polar surface area (TPSA) is 98.7 Å². The lowest BCUT2D eigenvalue weighted by atomic mass is 10.3. The van der Waals surface area contributed by atoms with Crippen molar-refractivity contribution in [3.8, 4) is 11.5 Å². The lowest BCUT2D eigenvalue weighted by Crippen LogP contribution is -2.12. The van der Waals surface area contributed by atoms with Crippen LogP contribution in [0.15, 0.2) is 6.07 Å². The third-order valence-electron chi connectivity index (χ3n) is 2.34. The van der Waals surface area contributed by atoms with Crippen LogP contribution in [0, 0.1) is 0 Å². The van der Waals surface area contributed by atoms with Crippen LogP contribution >= 0.6 is 0 Å². The lowest BCUT2D eigenvalue weighted by Gasteiger charge is -2.01. The van der Waals surface area contributed by atoms with Gasteiger partial charge in [-0.05, 0) is 22.9 Å². The van der Waals surface area contributed by atoms with Gasteiger partial charge in [-0.25, -0.2) is 4.68 Å². The Morgan fingerprint density at radius 1 is 1.53 bits per heavy atom. The fourth-order valence-electron chi connectivity index (χ4n) is 1.53. The summed E-state index contributed by atoms with van der Waals surface area (Å²) in [5, 5.41) is 24.0. The van der Waals surface area contributed by atoms with Crippen LogP contribution in [0.25, 0.3) is 11.5 Å². The molecule has 8 nitrogen and oxygen atoms in total. The largest absolute Gasteiger partial charge is 0.480 e. The van der Waals surface area contributed by atoms with Gasteiger partial charge in [-0.3, -0.25) is 9.48 Å². The van der Waals surface area contributed by atoms with Crippen molar-refractivity contribution in [1.82, 2.24) is 30.0 Å². The second-order valence-electron chi connectivity index (χ2n) is 3.55. The molecule has 0 aliphatic heterocycles. The van der Waals surface area contributed by atoms with Crippen LogP contribution in [-0.4, -0.2) is 41.1 Å². The van der Waals surface area contributed by atoms with Crippen molar-refractivity contribution in [2.24, 2.45) is 7.05 Å². The van der Waals surface area contributed by atoms with Crippen molar-refractivity contribution in [3.05, 3.63) is 11.8 Å². The third-order valence-corrected chi connectivity index (χ3v) is 2.34. The van der Waals surface area contributed by atoms with Crippen molar-refractivity contribution >= 4 is 5.97 Å². The summed E-state index contributed by atoms with van der Waals surface area (Å²) in [4.78, 5) is 10.7. The summed E-state index contributed by atoms with van der Waals surface area (Å²) in [5.74, 6) is -0.585. The monoisotopic (exact) mass is 236 g/mol. The molecule has 0 amide bonds. The maximum absolute atomic E-state index is 10.7. The number of hydrogen-bond acceptors (Lipinski definition) is 5. The minimum absolute atomic E-state index is 0.269. The van der Waals surface area contributed by atoms with E-state index >= 15 is 0 Å². The molecular formula is C9H12N6O2. The van der Waals surface area contributed by atoms with E-state index < -0.39 is 5.97 Å². The molecule has 0 saturated heterocycles. The van der Waals surface area contributed by atoms with E-state index in [0.717, 1.165) is 12.1 Å². The highest BCUT2D eigenvalue weighted by molar-refractivity contribution is 5.67. The van der Waals surface area contributed by atoms with Crippen LogP contribution in [-0.2, 0) is 24.8 Å². The first-order chi connectivity index (χ1) is 8.11. The Balaban J connectivity index is 2.41. The quantitative estimate of drug-likeness (QED) is 0.783. The molecule has 17 heavy (non-hydrogen) atoms. The minimum Gasteiger partial charge on any atom is -0.480 e. The molecule has 1 N–H and O–H groups in total. The fourth-order valence-corrected chi connectivity index (χ4v) is 1.53. The van der Waals surface area contributed by atoms with E-state index in [4.69, 9.17) is 5.11 Å². The maximum atomic E-state index is 10.7. The molecule has 0 radical (unpaired) electrons. The maximum Gasteiger partial charge on any atom is 0.325 e. The molecule has 0 aliphatic rings. The molecule has 0 aliphatic carbocycles. The SMILES string of the molecule is CCc1cc(-c2nnnn2CC(=O)O)n(C)n1. The Morgan fingerprint density at radius 2 is 2.29 bits per heavy atom. The van der Waals surface area contributed by atoms with Gasteiger partial charge in [-0.2, -0.15) is 5.10 Å². The van der Waals surface area contributed by atoms with E-state index in [0.29, 0.717) is 11.5 Å². The zero-order valence-electron chi connectivity index (χ0n) is 9.53. The average Bonchev–Trinajstić information content (AvgIpc) is 2.83. The second-order valence-corrected chi connectivity index (χ2v) is 3.55. The molecule has 0 atom stereocenters. The zero-order chi connectivity index (χ0) is 12.4. The zero-order valence-corrected chi connectivity index (χ0v) is 9.53. The molecule has 0 fully saturated rings. The van der Waals surface area contributed by atoms with E-state index in [2.05, 4.69) is 20.6 Å². The first-order valence-electron chi connectivity index (χ1n) is 5.13. The van der Waals surface area contributed by atoms with Crippen molar-refractivity contribution in [2.45, 2.75) is 19.9 Å². The Hall–Kier alpha value is -2.25. The molecule has 2 aromatic rings. The fraction of sp³-hybridized carbons (Fsp3) is 0.444. The van der Waals surface area contributed by atoms with Gasteiger partial charge in [0.05, 0.1) is 5.69 Å². The van der Waals surface area contributed by atoms with Gasteiger partial charge >= 0.3 is 5.97 Å². The summed E-state index contributed by atoms with van der Waals surface area (Å²) in [6, 6.07) is 1.85. The summed E-state index contributed by atoms with van der Waals surface area (Å²) in [6.07, 6.45) is 0.800. The summed E-state index contributed by atoms with van der Waals surface area (Å²) in [5.41, 5.74) is 1.61. The second kappa shape index (κ2) is 4.32. The number of rotatable bonds is 4. The van der Waals surface area contributed by atoms with E-state index in [-0.39, 0.29) is 6.54 Å². The molecule has 8 heteroatoms. The number of tetrazole rings is 1. The number of aryl methyl sites for hydroxylation is 2. The summed E-state index contributed by atoms with van der Waals surface area (Å²) in [7, 11) is 1.77. The van der Waals surface area contributed by atoms with Crippen molar-refractivity contribution < 1.29 is 9.90 Å². The molecule has 2 heterocycles. The molecular weight excluding hydrogens is 224 g/mol. The van der Waals surface area contributed by atoms with E-state index in [9.17, 15) is 4.79 Å². The van der Waals surface area contributed by atoms with Crippen LogP contribution in [0.3, 0.4) is 0 Å². The first kappa shape index (κ1) is 11.2. The van der Waals surface area contributed by atoms with Gasteiger partial charge in [-0.1, -0.05) is 6.92 Å². The Kier molecular flexibility index (Phi) is 2.86. The van der Waals surface area contributed by atoms with Gasteiger partial charge in [-0.15, -0.1) is 5.10 Å². The number of aliphatic carboxylic acids is 1. The molecule has 0 aromatic carbocycles. The Bertz CT molecular complexity index is 543. The van der Waals surface area contributed by atoms with Crippen molar-refractivity contribution in [2.75, 3.05) is 0 Å². The third kappa shape index (κ3) is 2.14. The van der Waals surface area contributed by atoms with Gasteiger partial charge in [0.15, 0.2) is 0 Å². The standard InChI is InChI=1S/C9H12N6O2/c1-3-6-4-7(14(2)11-6)9-10-12-13-15(9)5-8(16)17/h4H,3,5H2,1-2H3,(H,16,17). The van der Waals surface area contributed by atoms with Gasteiger partial charge in [0.2, 0.25) is 5.82 Å². The van der Waals surface area contributed by atoms with Crippen LogP contribution < -0.4 is 0 Å². The van der Waals surface area contributed by atoms with Gasteiger partial charge in [0.25, 0.3) is 0 Å². The van der Waals surface area contributed by atoms with E-state index in [1.165, 1.54) is 4.68 Å². The number of carboxylic acids is 1. The van der Waals surface area contributed by atoms with Gasteiger partial charge in [0, 0.05) is 7.05 Å². The van der Waals surface area contributed by atoms with Crippen LogP contribution in [0.5, 0.6) is 0 Å². The minimum atomic E-state index is -0.989. The summed E-state index contributed by atoms with van der Waals surface area (Å²) in [6.45, 7) is 1.72. The number of carboxylic acid groups (broad SMARTS) is 1. The highest BCUT2D eigenvalue weighted by Gasteiger charge is 2.15. The molecule has 0 saturated carbocycles. The van der Waals surface area contributed by atoms with Crippen LogP contribution in [0.1, 0.15) is 12.6 Å². The normalized spacial score (nSPS) is 10.7. The summed E-state index contributed by atoms with van der Waals surface area (Å²) >= 11 is 0. The van der Waals surface area contributed by atoms with Gasteiger partial charge in [0.1, 0.15) is 12.2 Å². The molecule has 0 spiro atoms. The molecule has 0 unspecified atom stereocenters. The number of aromatic nitrogens is 6. The van der Waals surface area contributed by atoms with Crippen LogP contribution in [0.2, 0.25) is 0 Å². The van der Waals surface area contributed by atoms with E-state index in [1.807, 2.05) is 13.0 Å². The van der Waals surface area contributed by atoms with Crippen molar-refractivity contribution in [3.63, 3.8) is 0 Å². The Morgan fingerprint density at radius 3 is 2.88 bits per heavy atom. The predicted molar refractivity (Wildman–Crippen MR) is 57.0 cm³/mol. The summed E-state index contributed by atoms with van der Waals surface area (Å²) < 4.78 is 2.88. The first-order valence-corrected chi connectivity index (χ1v) is 5.13. The number of nitrogens with zero attached hydrogens (tertiary/aromatic N) is 6. The van der Waals surface area contributed by atoms with E-state index in [1.54, 1.807) is 11.7 Å². The highest BCUT2D eigenvalue weighted by Crippen LogP contribution is 2.16. The van der Waals surface area contributed by atoms with Gasteiger partial charge < -0.3 is 5.11 Å². The average molecular weight is 236 g/mol. The molecule has 2 aromatic heterocycles. The van der Waals surface area contributed by atoms with Crippen molar-refractivity contribution in [1.29, 1.82) is 0 Å². The smallest absolute Gasteiger partial charge is 0.325 e. The Labute approximate surface area is 96.9 Å². The molecule has 2 rings (SSSR count). The molecule has 0 bridgehead atoms. The predicted octanol–water partition coefficient (Wildman–Crippen LogP) is -0.279. The van der Waals surface area contributed by atoms with Crippen LogP contribution in [0.4, 0.5) is 0 Å². The highest BCUT2D eigenvalue weighted by atomic mass is 16.4. The number of carbonyl (C=O) groups is 1. The lowest BCUT2D eigenvalue weighted by molar-refractivity contribution is -0.137.